The molecule has 178 valence electrons. The van der Waals surface area contributed by atoms with E-state index in [1.165, 1.54) is 0 Å². The number of esters is 1. The van der Waals surface area contributed by atoms with Gasteiger partial charge in [0.1, 0.15) is 11.9 Å². The van der Waals surface area contributed by atoms with E-state index in [9.17, 15) is 10.1 Å². The molecule has 0 spiro atoms. The molecule has 0 saturated carbocycles. The minimum atomic E-state index is -1.99. The maximum absolute atomic E-state index is 12.6. The smallest absolute Gasteiger partial charge is 0.347 e. The van der Waals surface area contributed by atoms with Crippen LogP contribution in [0.3, 0.4) is 0 Å². The van der Waals surface area contributed by atoms with E-state index in [0.29, 0.717) is 24.2 Å². The van der Waals surface area contributed by atoms with E-state index < -0.39 is 14.3 Å². The summed E-state index contributed by atoms with van der Waals surface area (Å²) in [6, 6.07) is 8.92. The van der Waals surface area contributed by atoms with Gasteiger partial charge in [0.15, 0.2) is 19.7 Å². The number of nitriles is 1. The first-order valence-corrected chi connectivity index (χ1v) is 14.0. The fourth-order valence-corrected chi connectivity index (χ4v) is 3.74. The molecule has 2 N–H and O–H groups in total. The third-order valence-electron chi connectivity index (χ3n) is 5.80. The SMILES string of the molecule is CCOC(=O)c1c(N)nc(-c2cccc(C#N)c2)nc1OC(CC)CO[Si](C)(C)C(C)(C)C. The Kier molecular flexibility index (Phi) is 8.58. The molecule has 0 aliphatic heterocycles. The second kappa shape index (κ2) is 10.8. The van der Waals surface area contributed by atoms with E-state index in [1.54, 1.807) is 31.2 Å². The van der Waals surface area contributed by atoms with E-state index in [4.69, 9.17) is 19.6 Å². The second-order valence-corrected chi connectivity index (χ2v) is 14.1. The summed E-state index contributed by atoms with van der Waals surface area (Å²) < 4.78 is 17.7. The van der Waals surface area contributed by atoms with Crippen LogP contribution in [-0.4, -0.2) is 43.6 Å². The summed E-state index contributed by atoms with van der Waals surface area (Å²) in [5.74, 6) is -0.393. The van der Waals surface area contributed by atoms with Crippen molar-refractivity contribution in [3.8, 4) is 23.3 Å². The Bertz CT molecular complexity index is 1030. The molecule has 1 heterocycles. The summed E-state index contributed by atoms with van der Waals surface area (Å²) in [6.07, 6.45) is 0.292. The number of nitrogen functional groups attached to an aromatic ring is 1. The number of ether oxygens (including phenoxy) is 2. The third kappa shape index (κ3) is 6.52. The zero-order valence-electron chi connectivity index (χ0n) is 20.6. The number of rotatable bonds is 9. The average Bonchev–Trinajstić information content (AvgIpc) is 2.75. The molecule has 2 rings (SSSR count). The van der Waals surface area contributed by atoms with Gasteiger partial charge in [-0.15, -0.1) is 0 Å². The number of carbonyl (C=O) groups is 1. The molecule has 8 nitrogen and oxygen atoms in total. The quantitative estimate of drug-likeness (QED) is 0.403. The molecule has 0 aliphatic rings. The van der Waals surface area contributed by atoms with Crippen molar-refractivity contribution in [2.75, 3.05) is 18.9 Å². The molecule has 1 aromatic heterocycles. The van der Waals surface area contributed by atoms with Crippen molar-refractivity contribution >= 4 is 20.1 Å². The van der Waals surface area contributed by atoms with Crippen molar-refractivity contribution in [2.45, 2.75) is 65.3 Å². The Labute approximate surface area is 197 Å². The maximum Gasteiger partial charge on any atom is 0.347 e. The number of anilines is 1. The maximum atomic E-state index is 12.6. The van der Waals surface area contributed by atoms with E-state index in [-0.39, 0.29) is 40.8 Å². The van der Waals surface area contributed by atoms with Crippen LogP contribution in [0, 0.1) is 11.3 Å². The number of carbonyl (C=O) groups excluding carboxylic acids is 1. The topological polar surface area (TPSA) is 120 Å². The van der Waals surface area contributed by atoms with Crippen LogP contribution in [0.2, 0.25) is 18.1 Å². The predicted octanol–water partition coefficient (Wildman–Crippen LogP) is 4.95. The van der Waals surface area contributed by atoms with Crippen molar-refractivity contribution < 1.29 is 18.7 Å². The van der Waals surface area contributed by atoms with Crippen molar-refractivity contribution in [1.29, 1.82) is 5.26 Å². The lowest BCUT2D eigenvalue weighted by molar-refractivity contribution is 0.0511. The largest absolute Gasteiger partial charge is 0.471 e. The van der Waals surface area contributed by atoms with Crippen LogP contribution in [0.25, 0.3) is 11.4 Å². The van der Waals surface area contributed by atoms with Gasteiger partial charge in [0, 0.05) is 5.56 Å². The molecule has 0 aliphatic carbocycles. The molecule has 0 bridgehead atoms. The van der Waals surface area contributed by atoms with E-state index in [0.717, 1.165) is 0 Å². The Morgan fingerprint density at radius 2 is 1.94 bits per heavy atom. The zero-order valence-corrected chi connectivity index (χ0v) is 21.6. The Morgan fingerprint density at radius 3 is 2.52 bits per heavy atom. The minimum absolute atomic E-state index is 0.0113. The highest BCUT2D eigenvalue weighted by Gasteiger charge is 2.38. The van der Waals surface area contributed by atoms with E-state index in [1.807, 2.05) is 6.92 Å². The van der Waals surface area contributed by atoms with E-state index in [2.05, 4.69) is 49.9 Å². The molecule has 33 heavy (non-hydrogen) atoms. The van der Waals surface area contributed by atoms with Gasteiger partial charge in [0.05, 0.1) is 24.8 Å². The molecular weight excluding hydrogens is 436 g/mol. The van der Waals surface area contributed by atoms with E-state index >= 15 is 0 Å². The number of benzene rings is 1. The first-order valence-electron chi connectivity index (χ1n) is 11.1. The van der Waals surface area contributed by atoms with Gasteiger partial charge in [-0.25, -0.2) is 9.78 Å². The molecule has 0 amide bonds. The number of nitrogens with zero attached hydrogens (tertiary/aromatic N) is 3. The Hall–Kier alpha value is -2.96. The van der Waals surface area contributed by atoms with Crippen molar-refractivity contribution in [1.82, 2.24) is 9.97 Å². The Balaban J connectivity index is 2.45. The van der Waals surface area contributed by atoms with Gasteiger partial charge in [-0.2, -0.15) is 10.2 Å². The van der Waals surface area contributed by atoms with Gasteiger partial charge >= 0.3 is 5.97 Å². The fraction of sp³-hybridized carbons (Fsp3) is 0.500. The Morgan fingerprint density at radius 1 is 1.24 bits per heavy atom. The molecule has 0 saturated heterocycles. The van der Waals surface area contributed by atoms with Crippen LogP contribution in [0.1, 0.15) is 57.0 Å². The van der Waals surface area contributed by atoms with Crippen LogP contribution < -0.4 is 10.5 Å². The zero-order chi connectivity index (χ0) is 24.8. The monoisotopic (exact) mass is 470 g/mol. The van der Waals surface area contributed by atoms with Crippen molar-refractivity contribution in [2.24, 2.45) is 0 Å². The normalized spacial score (nSPS) is 12.7. The lowest BCUT2D eigenvalue weighted by Gasteiger charge is -2.37. The highest BCUT2D eigenvalue weighted by molar-refractivity contribution is 6.74. The molecule has 1 atom stereocenters. The average molecular weight is 471 g/mol. The summed E-state index contributed by atoms with van der Waals surface area (Å²) in [7, 11) is -1.99. The molecule has 0 fully saturated rings. The summed E-state index contributed by atoms with van der Waals surface area (Å²) in [4.78, 5) is 21.4. The number of nitrogens with two attached hydrogens (primary N) is 1. The number of hydrogen-bond donors (Lipinski definition) is 1. The van der Waals surface area contributed by atoms with Crippen molar-refractivity contribution in [3.05, 3.63) is 35.4 Å². The number of hydrogen-bond acceptors (Lipinski definition) is 8. The van der Waals surface area contributed by atoms with Gasteiger partial charge in [-0.05, 0) is 43.6 Å². The fourth-order valence-electron chi connectivity index (χ4n) is 2.70. The van der Waals surface area contributed by atoms with Gasteiger partial charge < -0.3 is 19.6 Å². The second-order valence-electron chi connectivity index (χ2n) is 9.25. The highest BCUT2D eigenvalue weighted by Crippen LogP contribution is 2.37. The van der Waals surface area contributed by atoms with Crippen LogP contribution in [0.5, 0.6) is 5.88 Å². The standard InChI is InChI=1S/C24H34N4O4Si/c1-8-18(15-31-33(6,7)24(3,4)5)32-22-19(23(29)30-9-2)20(26)27-21(28-22)17-12-10-11-16(13-17)14-25/h10-13,18H,8-9,15H2,1-7H3,(H2,26,27,28). The summed E-state index contributed by atoms with van der Waals surface area (Å²) in [5.41, 5.74) is 7.19. The molecule has 0 radical (unpaired) electrons. The summed E-state index contributed by atoms with van der Waals surface area (Å²) in [5, 5.41) is 9.27. The molecule has 1 unspecified atom stereocenters. The van der Waals surface area contributed by atoms with Gasteiger partial charge in [-0.3, -0.25) is 0 Å². The molecule has 9 heteroatoms. The number of aromatic nitrogens is 2. The van der Waals surface area contributed by atoms with Gasteiger partial charge in [0.25, 0.3) is 0 Å². The third-order valence-corrected chi connectivity index (χ3v) is 10.3. The van der Waals surface area contributed by atoms with Crippen LogP contribution in [0.4, 0.5) is 5.82 Å². The first kappa shape index (κ1) is 26.3. The molecule has 1 aromatic carbocycles. The summed E-state index contributed by atoms with van der Waals surface area (Å²) in [6.45, 7) is 15.1. The van der Waals surface area contributed by atoms with Crippen LogP contribution in [0.15, 0.2) is 24.3 Å². The summed E-state index contributed by atoms with van der Waals surface area (Å²) >= 11 is 0. The lowest BCUT2D eigenvalue weighted by atomic mass is 10.1. The van der Waals surface area contributed by atoms with Crippen LogP contribution >= 0.6 is 0 Å². The van der Waals surface area contributed by atoms with Crippen LogP contribution in [-0.2, 0) is 9.16 Å². The van der Waals surface area contributed by atoms with Gasteiger partial charge in [0.2, 0.25) is 5.88 Å². The molecule has 2 aromatic rings. The first-order chi connectivity index (χ1) is 15.4. The van der Waals surface area contributed by atoms with Gasteiger partial charge in [-0.1, -0.05) is 39.8 Å². The van der Waals surface area contributed by atoms with Crippen molar-refractivity contribution in [3.63, 3.8) is 0 Å². The predicted molar refractivity (Wildman–Crippen MR) is 130 cm³/mol. The minimum Gasteiger partial charge on any atom is -0.471 e. The lowest BCUT2D eigenvalue weighted by Crippen LogP contribution is -2.43. The highest BCUT2D eigenvalue weighted by atomic mass is 28.4. The molecular formula is C24H34N4O4Si.